The number of nitrogens with two attached hydrogens (primary N) is 1. The van der Waals surface area contributed by atoms with E-state index < -0.39 is 0 Å². The van der Waals surface area contributed by atoms with Crippen molar-refractivity contribution < 1.29 is 0 Å². The molecule has 110 valence electrons. The van der Waals surface area contributed by atoms with Gasteiger partial charge in [0.05, 0.1) is 6.04 Å². The Morgan fingerprint density at radius 1 is 1.26 bits per heavy atom. The Kier molecular flexibility index (Phi) is 7.66. The van der Waals surface area contributed by atoms with Gasteiger partial charge in [-0.05, 0) is 44.2 Å². The van der Waals surface area contributed by atoms with Crippen molar-refractivity contribution in [2.75, 3.05) is 6.54 Å². The smallest absolute Gasteiger partial charge is 0.0595 e. The van der Waals surface area contributed by atoms with E-state index in [1.54, 1.807) is 0 Å². The zero-order valence-corrected chi connectivity index (χ0v) is 13.7. The molecular weight excluding hydrogens is 252 g/mol. The maximum Gasteiger partial charge on any atom is 0.0595 e. The number of rotatable bonds is 9. The van der Waals surface area contributed by atoms with Crippen molar-refractivity contribution in [3.8, 4) is 0 Å². The topological polar surface area (TPSA) is 29.3 Å². The molecule has 3 unspecified atom stereocenters. The number of hydrogen-bond donors (Lipinski definition) is 1. The fourth-order valence-electron chi connectivity index (χ4n) is 2.51. The van der Waals surface area contributed by atoms with Gasteiger partial charge in [-0.25, -0.2) is 0 Å². The highest BCUT2D eigenvalue weighted by molar-refractivity contribution is 7.10. The second-order valence-electron chi connectivity index (χ2n) is 5.38. The highest BCUT2D eigenvalue weighted by atomic mass is 32.1. The van der Waals surface area contributed by atoms with Gasteiger partial charge in [-0.2, -0.15) is 0 Å². The van der Waals surface area contributed by atoms with Gasteiger partial charge in [0, 0.05) is 17.0 Å². The van der Waals surface area contributed by atoms with Crippen molar-refractivity contribution in [2.24, 2.45) is 5.73 Å². The summed E-state index contributed by atoms with van der Waals surface area (Å²) in [5, 5.41) is 2.17. The van der Waals surface area contributed by atoms with Gasteiger partial charge < -0.3 is 5.73 Å². The van der Waals surface area contributed by atoms with Gasteiger partial charge in [0.1, 0.15) is 0 Å². The summed E-state index contributed by atoms with van der Waals surface area (Å²) in [5.41, 5.74) is 6.44. The Balaban J connectivity index is 2.96. The molecule has 0 saturated heterocycles. The first-order valence-corrected chi connectivity index (χ1v) is 8.58. The van der Waals surface area contributed by atoms with Crippen LogP contribution in [0.5, 0.6) is 0 Å². The zero-order valence-electron chi connectivity index (χ0n) is 12.9. The van der Waals surface area contributed by atoms with E-state index in [-0.39, 0.29) is 6.04 Å². The lowest BCUT2D eigenvalue weighted by atomic mass is 10.00. The summed E-state index contributed by atoms with van der Waals surface area (Å²) in [7, 11) is 0. The Bertz CT molecular complexity index is 323. The molecule has 0 radical (unpaired) electrons. The van der Waals surface area contributed by atoms with Crippen LogP contribution in [-0.4, -0.2) is 23.5 Å². The minimum Gasteiger partial charge on any atom is -0.326 e. The molecule has 0 spiro atoms. The Morgan fingerprint density at radius 2 is 2.00 bits per heavy atom. The normalized spacial score (nSPS) is 16.5. The van der Waals surface area contributed by atoms with Crippen LogP contribution in [0, 0.1) is 0 Å². The van der Waals surface area contributed by atoms with Gasteiger partial charge in [-0.15, -0.1) is 11.3 Å². The van der Waals surface area contributed by atoms with Gasteiger partial charge in [-0.3, -0.25) is 4.90 Å². The maximum absolute atomic E-state index is 6.44. The molecule has 19 heavy (non-hydrogen) atoms. The van der Waals surface area contributed by atoms with Crippen LogP contribution in [0.3, 0.4) is 0 Å². The molecule has 0 bridgehead atoms. The molecule has 1 aromatic rings. The van der Waals surface area contributed by atoms with Gasteiger partial charge in [-0.1, -0.05) is 33.3 Å². The van der Waals surface area contributed by atoms with E-state index in [4.69, 9.17) is 5.73 Å². The van der Waals surface area contributed by atoms with E-state index in [0.29, 0.717) is 12.1 Å². The lowest BCUT2D eigenvalue weighted by molar-refractivity contribution is 0.118. The highest BCUT2D eigenvalue weighted by Gasteiger charge is 2.28. The van der Waals surface area contributed by atoms with Crippen LogP contribution in [0.4, 0.5) is 0 Å². The molecule has 0 aliphatic rings. The Hall–Kier alpha value is -0.380. The molecule has 0 aliphatic heterocycles. The van der Waals surface area contributed by atoms with Crippen molar-refractivity contribution in [1.29, 1.82) is 0 Å². The van der Waals surface area contributed by atoms with Gasteiger partial charge >= 0.3 is 0 Å². The van der Waals surface area contributed by atoms with Crippen LogP contribution >= 0.6 is 11.3 Å². The summed E-state index contributed by atoms with van der Waals surface area (Å²) in [6.45, 7) is 10.2. The molecule has 0 fully saturated rings. The minimum absolute atomic E-state index is 0.226. The molecule has 2 nitrogen and oxygen atoms in total. The molecule has 3 heteroatoms. The van der Waals surface area contributed by atoms with E-state index >= 15 is 0 Å². The molecule has 1 rings (SSSR count). The summed E-state index contributed by atoms with van der Waals surface area (Å²) >= 11 is 1.84. The first kappa shape index (κ1) is 16.7. The zero-order chi connectivity index (χ0) is 14.3. The predicted octanol–water partition coefficient (Wildman–Crippen LogP) is 4.43. The third kappa shape index (κ3) is 4.59. The molecule has 3 atom stereocenters. The Morgan fingerprint density at radius 3 is 2.47 bits per heavy atom. The maximum atomic E-state index is 6.44. The first-order valence-electron chi connectivity index (χ1n) is 7.70. The second-order valence-corrected chi connectivity index (χ2v) is 6.36. The lowest BCUT2D eigenvalue weighted by Gasteiger charge is -2.38. The van der Waals surface area contributed by atoms with Crippen LogP contribution in [0.2, 0.25) is 0 Å². The van der Waals surface area contributed by atoms with Crippen molar-refractivity contribution in [3.05, 3.63) is 22.4 Å². The fraction of sp³-hybridized carbons (Fsp3) is 0.750. The van der Waals surface area contributed by atoms with Crippen molar-refractivity contribution in [1.82, 2.24) is 4.90 Å². The fourth-order valence-corrected chi connectivity index (χ4v) is 3.43. The average Bonchev–Trinajstić information content (AvgIpc) is 2.95. The van der Waals surface area contributed by atoms with Crippen LogP contribution < -0.4 is 5.73 Å². The molecule has 0 aliphatic carbocycles. The molecule has 1 heterocycles. The summed E-state index contributed by atoms with van der Waals surface area (Å²) < 4.78 is 0. The van der Waals surface area contributed by atoms with E-state index in [9.17, 15) is 0 Å². The lowest BCUT2D eigenvalue weighted by Crippen LogP contribution is -2.45. The first-order chi connectivity index (χ1) is 9.15. The molecule has 0 amide bonds. The number of thiophene rings is 1. The van der Waals surface area contributed by atoms with E-state index in [0.717, 1.165) is 13.0 Å². The van der Waals surface area contributed by atoms with Crippen LogP contribution in [0.25, 0.3) is 0 Å². The van der Waals surface area contributed by atoms with Crippen molar-refractivity contribution in [3.63, 3.8) is 0 Å². The molecule has 2 N–H and O–H groups in total. The predicted molar refractivity (Wildman–Crippen MR) is 86.7 cm³/mol. The van der Waals surface area contributed by atoms with Gasteiger partial charge in [0.2, 0.25) is 0 Å². The number of nitrogens with zero attached hydrogens (tertiary/aromatic N) is 1. The van der Waals surface area contributed by atoms with E-state index in [1.165, 1.54) is 24.1 Å². The number of unbranched alkanes of at least 4 members (excludes halogenated alkanes) is 1. The van der Waals surface area contributed by atoms with Gasteiger partial charge in [0.15, 0.2) is 0 Å². The summed E-state index contributed by atoms with van der Waals surface area (Å²) in [5.74, 6) is 0. The third-order valence-corrected chi connectivity index (χ3v) is 4.94. The standard InChI is InChI=1S/C16H30N2S/c1-5-8-11-18(13(4)6-2)16(14(17)7-3)15-10-9-12-19-15/h9-10,12-14,16H,5-8,11,17H2,1-4H3. The van der Waals surface area contributed by atoms with E-state index in [1.807, 2.05) is 11.3 Å². The largest absolute Gasteiger partial charge is 0.326 e. The molecule has 0 aromatic carbocycles. The van der Waals surface area contributed by atoms with E-state index in [2.05, 4.69) is 50.1 Å². The minimum atomic E-state index is 0.226. The summed E-state index contributed by atoms with van der Waals surface area (Å²) in [4.78, 5) is 4.05. The van der Waals surface area contributed by atoms with Crippen molar-refractivity contribution in [2.45, 2.75) is 71.5 Å². The monoisotopic (exact) mass is 282 g/mol. The quantitative estimate of drug-likeness (QED) is 0.726. The third-order valence-electron chi connectivity index (χ3n) is 4.00. The SMILES string of the molecule is CCCCN(C(C)CC)C(c1cccs1)C(N)CC. The average molecular weight is 282 g/mol. The van der Waals surface area contributed by atoms with Gasteiger partial charge in [0.25, 0.3) is 0 Å². The summed E-state index contributed by atoms with van der Waals surface area (Å²) in [6.07, 6.45) is 4.71. The molecule has 1 aromatic heterocycles. The molecular formula is C16H30N2S. The highest BCUT2D eigenvalue weighted by Crippen LogP contribution is 2.31. The Labute approximate surface area is 123 Å². The van der Waals surface area contributed by atoms with Crippen LogP contribution in [-0.2, 0) is 0 Å². The summed E-state index contributed by atoms with van der Waals surface area (Å²) in [6, 6.07) is 5.59. The molecule has 0 saturated carbocycles. The van der Waals surface area contributed by atoms with Crippen LogP contribution in [0.15, 0.2) is 17.5 Å². The van der Waals surface area contributed by atoms with Crippen molar-refractivity contribution >= 4 is 11.3 Å². The second kappa shape index (κ2) is 8.72. The number of hydrogen-bond acceptors (Lipinski definition) is 3. The van der Waals surface area contributed by atoms with Crippen LogP contribution in [0.1, 0.15) is 64.3 Å².